The van der Waals surface area contributed by atoms with Crippen molar-refractivity contribution in [3.63, 3.8) is 0 Å². The van der Waals surface area contributed by atoms with Gasteiger partial charge in [0.1, 0.15) is 0 Å². The third kappa shape index (κ3) is 10.6. The minimum Gasteiger partial charge on any atom is -0.423 e. The Morgan fingerprint density at radius 1 is 0.531 bits per heavy atom. The molecule has 0 aliphatic carbocycles. The van der Waals surface area contributed by atoms with E-state index in [1.165, 1.54) is 14.7 Å². The fraction of sp³-hybridized carbons (Fsp3) is 0. The van der Waals surface area contributed by atoms with Crippen LogP contribution >= 0.6 is 86.3 Å². The minimum atomic E-state index is -1.34. The Bertz CT molecular complexity index is 1040. The summed E-state index contributed by atoms with van der Waals surface area (Å²) in [6.45, 7) is 0. The first kappa shape index (κ1) is 27.8. The fourth-order valence-electron chi connectivity index (χ4n) is 2.50. The fourth-order valence-corrected chi connectivity index (χ4v) is 6.61. The van der Waals surface area contributed by atoms with E-state index in [-0.39, 0.29) is 0 Å². The van der Waals surface area contributed by atoms with Crippen molar-refractivity contribution in [3.05, 3.63) is 119 Å². The molecule has 2 N–H and O–H groups in total. The zero-order valence-electron chi connectivity index (χ0n) is 16.6. The monoisotopic (exact) mass is 792 g/mol. The van der Waals surface area contributed by atoms with Crippen molar-refractivity contribution >= 4 is 98.9 Å². The Morgan fingerprint density at radius 3 is 1.31 bits per heavy atom. The van der Waals surface area contributed by atoms with Crippen LogP contribution in [0.5, 0.6) is 0 Å². The van der Waals surface area contributed by atoms with Gasteiger partial charge in [-0.05, 0) is 75.6 Å². The van der Waals surface area contributed by atoms with E-state index in [0.717, 1.165) is 17.9 Å². The van der Waals surface area contributed by atoms with Crippen LogP contribution < -0.4 is 5.46 Å². The number of benzene rings is 4. The van der Waals surface area contributed by atoms with Crippen molar-refractivity contribution < 1.29 is 10.0 Å². The first-order chi connectivity index (χ1) is 15.2. The second-order valence-corrected chi connectivity index (χ2v) is 11.3. The summed E-state index contributed by atoms with van der Waals surface area (Å²) < 4.78 is 5.63. The van der Waals surface area contributed by atoms with Gasteiger partial charge in [0.2, 0.25) is 0 Å². The van der Waals surface area contributed by atoms with Gasteiger partial charge in [-0.25, -0.2) is 0 Å². The lowest BCUT2D eigenvalue weighted by molar-refractivity contribution is 0.426. The summed E-state index contributed by atoms with van der Waals surface area (Å²) in [4.78, 5) is 0. The maximum atomic E-state index is 8.58. The molecule has 4 rings (SSSR count). The summed E-state index contributed by atoms with van der Waals surface area (Å²) in [5.74, 6) is 0. The van der Waals surface area contributed by atoms with Crippen LogP contribution in [-0.4, -0.2) is 17.2 Å². The summed E-state index contributed by atoms with van der Waals surface area (Å²) in [5, 5.41) is 17.2. The van der Waals surface area contributed by atoms with E-state index in [1.54, 1.807) is 24.3 Å². The van der Waals surface area contributed by atoms with Crippen molar-refractivity contribution in [1.82, 2.24) is 0 Å². The second kappa shape index (κ2) is 14.7. The molecule has 0 heterocycles. The molecule has 0 unspecified atom stereocenters. The summed E-state index contributed by atoms with van der Waals surface area (Å²) in [7, 11) is -1.34. The molecule has 0 saturated carbocycles. The minimum absolute atomic E-state index is 0.525. The Kier molecular flexibility index (Phi) is 12.8. The molecule has 0 fully saturated rings. The van der Waals surface area contributed by atoms with E-state index in [4.69, 9.17) is 10.0 Å². The molecular weight excluding hydrogens is 778 g/mol. The van der Waals surface area contributed by atoms with E-state index < -0.39 is 7.12 Å². The molecule has 32 heavy (non-hydrogen) atoms. The van der Waals surface area contributed by atoms with Crippen LogP contribution in [0.3, 0.4) is 0 Å². The van der Waals surface area contributed by atoms with Gasteiger partial charge in [0.15, 0.2) is 0 Å². The summed E-state index contributed by atoms with van der Waals surface area (Å²) >= 11 is 16.0. The zero-order chi connectivity index (χ0) is 23.5. The van der Waals surface area contributed by atoms with Gasteiger partial charge in [-0.15, -0.1) is 0 Å². The van der Waals surface area contributed by atoms with E-state index in [2.05, 4.69) is 123 Å². The van der Waals surface area contributed by atoms with Crippen LogP contribution in [0.4, 0.5) is 0 Å². The van der Waals surface area contributed by atoms with Crippen LogP contribution in [0.15, 0.2) is 115 Å². The Labute approximate surface area is 236 Å². The molecule has 4 aromatic rings. The van der Waals surface area contributed by atoms with Gasteiger partial charge in [0.05, 0.1) is 0 Å². The zero-order valence-corrected chi connectivity index (χ0v) is 25.1. The van der Waals surface area contributed by atoms with Crippen molar-refractivity contribution in [3.8, 4) is 11.1 Å². The number of hydrogen-bond acceptors (Lipinski definition) is 2. The second-order valence-electron chi connectivity index (χ2n) is 6.40. The van der Waals surface area contributed by atoms with E-state index >= 15 is 0 Å². The van der Waals surface area contributed by atoms with Crippen molar-refractivity contribution in [2.75, 3.05) is 0 Å². The van der Waals surface area contributed by atoms with Crippen molar-refractivity contribution in [2.45, 2.75) is 0 Å². The molecule has 0 saturated heterocycles. The van der Waals surface area contributed by atoms with Gasteiger partial charge in [0, 0.05) is 21.5 Å². The lowest BCUT2D eigenvalue weighted by Gasteiger charge is -2.02. The maximum Gasteiger partial charge on any atom is 0.488 e. The Morgan fingerprint density at radius 2 is 0.938 bits per heavy atom. The van der Waals surface area contributed by atoms with Crippen LogP contribution in [0.1, 0.15) is 0 Å². The third-order valence-corrected chi connectivity index (χ3v) is 6.35. The third-order valence-electron chi connectivity index (χ3n) is 3.89. The van der Waals surface area contributed by atoms with Gasteiger partial charge < -0.3 is 10.0 Å². The average molecular weight is 796 g/mol. The number of hydrogen-bond donors (Lipinski definition) is 2. The molecule has 0 radical (unpaired) electrons. The first-order valence-electron chi connectivity index (χ1n) is 9.29. The van der Waals surface area contributed by atoms with E-state index in [0.29, 0.717) is 5.46 Å². The molecule has 0 bridgehead atoms. The quantitative estimate of drug-likeness (QED) is 0.159. The molecule has 0 aliphatic rings. The molecule has 0 spiro atoms. The molecule has 164 valence electrons. The predicted octanol–water partition coefficient (Wildman–Crippen LogP) is 8.06. The highest BCUT2D eigenvalue weighted by molar-refractivity contribution is 14.1. The Balaban J connectivity index is 0.000000178. The standard InChI is InChI=1S/C12H8Br2.C6H7BO2.C6H3Br2I/c13-11-6-10(7-12(14)8-11)9-4-2-1-3-5-9;8-7(9)6-4-2-1-3-5-6;7-4-1-5(8)3-6(9)2-4/h1-8H;1-5,8-9H;1-3H. The van der Waals surface area contributed by atoms with Gasteiger partial charge in [-0.3, -0.25) is 0 Å². The normalized spacial score (nSPS) is 9.72. The maximum absolute atomic E-state index is 8.58. The average Bonchev–Trinajstić information content (AvgIpc) is 2.74. The molecule has 0 aromatic heterocycles. The lowest BCUT2D eigenvalue weighted by Crippen LogP contribution is -2.29. The van der Waals surface area contributed by atoms with Crippen LogP contribution in [0.25, 0.3) is 11.1 Å². The predicted molar refractivity (Wildman–Crippen MR) is 158 cm³/mol. The van der Waals surface area contributed by atoms with Crippen LogP contribution in [-0.2, 0) is 0 Å². The highest BCUT2D eigenvalue weighted by atomic mass is 127. The molecular formula is C24H18BBr4IO2. The molecule has 0 atom stereocenters. The smallest absolute Gasteiger partial charge is 0.423 e. The molecule has 0 amide bonds. The van der Waals surface area contributed by atoms with Crippen LogP contribution in [0.2, 0.25) is 0 Å². The van der Waals surface area contributed by atoms with Gasteiger partial charge in [0.25, 0.3) is 0 Å². The molecule has 0 aliphatic heterocycles. The van der Waals surface area contributed by atoms with Crippen LogP contribution in [0, 0.1) is 3.57 Å². The summed E-state index contributed by atoms with van der Waals surface area (Å²) in [5.41, 5.74) is 2.97. The summed E-state index contributed by atoms with van der Waals surface area (Å²) in [6, 6.07) is 31.4. The van der Waals surface area contributed by atoms with Gasteiger partial charge in [-0.2, -0.15) is 0 Å². The molecule has 8 heteroatoms. The summed E-state index contributed by atoms with van der Waals surface area (Å²) in [6.07, 6.45) is 0. The van der Waals surface area contributed by atoms with Crippen molar-refractivity contribution in [1.29, 1.82) is 0 Å². The number of halogens is 5. The Hall–Kier alpha value is -0.485. The van der Waals surface area contributed by atoms with E-state index in [9.17, 15) is 0 Å². The molecule has 2 nitrogen and oxygen atoms in total. The number of rotatable bonds is 2. The highest BCUT2D eigenvalue weighted by Gasteiger charge is 2.07. The highest BCUT2D eigenvalue weighted by Crippen LogP contribution is 2.27. The van der Waals surface area contributed by atoms with Gasteiger partial charge >= 0.3 is 7.12 Å². The first-order valence-corrected chi connectivity index (χ1v) is 13.5. The van der Waals surface area contributed by atoms with Gasteiger partial charge in [-0.1, -0.05) is 124 Å². The largest absolute Gasteiger partial charge is 0.488 e. The SMILES string of the molecule is Brc1cc(Br)cc(-c2ccccc2)c1.Brc1cc(Br)cc(I)c1.OB(O)c1ccccc1. The molecule has 4 aromatic carbocycles. The lowest BCUT2D eigenvalue weighted by atomic mass is 9.81. The van der Waals surface area contributed by atoms with E-state index in [1.807, 2.05) is 36.4 Å². The topological polar surface area (TPSA) is 40.5 Å². The van der Waals surface area contributed by atoms with Crippen molar-refractivity contribution in [2.24, 2.45) is 0 Å².